The van der Waals surface area contributed by atoms with Crippen molar-refractivity contribution in [3.63, 3.8) is 0 Å². The number of nitrogens with one attached hydrogen (secondary N) is 1. The minimum atomic E-state index is -0.779. The third-order valence-electron chi connectivity index (χ3n) is 5.40. The van der Waals surface area contributed by atoms with E-state index in [0.29, 0.717) is 12.8 Å². The van der Waals surface area contributed by atoms with Crippen molar-refractivity contribution in [3.05, 3.63) is 0 Å². The monoisotopic (exact) mass is 282 g/mol. The molecule has 0 spiro atoms. The Morgan fingerprint density at radius 1 is 1.20 bits per heavy atom. The van der Waals surface area contributed by atoms with Gasteiger partial charge >= 0.3 is 5.97 Å². The van der Waals surface area contributed by atoms with Crippen molar-refractivity contribution < 1.29 is 14.7 Å². The van der Waals surface area contributed by atoms with Crippen LogP contribution in [0.15, 0.2) is 0 Å². The summed E-state index contributed by atoms with van der Waals surface area (Å²) in [5.41, 5.74) is 4.73. The summed E-state index contributed by atoms with van der Waals surface area (Å²) in [4.78, 5) is 24.0. The normalized spacial score (nSPS) is 32.8. The first kappa shape index (κ1) is 15.3. The Bertz CT molecular complexity index is 391. The van der Waals surface area contributed by atoms with Crippen LogP contribution in [0.5, 0.6) is 0 Å². The first-order valence-electron chi connectivity index (χ1n) is 7.68. The van der Waals surface area contributed by atoms with E-state index in [1.165, 1.54) is 0 Å². The fraction of sp³-hybridized carbons (Fsp3) is 0.867. The Labute approximate surface area is 120 Å². The molecule has 5 heteroatoms. The summed E-state index contributed by atoms with van der Waals surface area (Å²) < 4.78 is 0. The molecule has 2 fully saturated rings. The molecule has 0 aromatic rings. The molecule has 0 saturated heterocycles. The van der Waals surface area contributed by atoms with Gasteiger partial charge in [-0.05, 0) is 32.6 Å². The van der Waals surface area contributed by atoms with Crippen LogP contribution in [0.25, 0.3) is 0 Å². The molecule has 4 N–H and O–H groups in total. The fourth-order valence-electron chi connectivity index (χ4n) is 3.62. The molecular weight excluding hydrogens is 256 g/mol. The maximum Gasteiger partial charge on any atom is 0.311 e. The summed E-state index contributed by atoms with van der Waals surface area (Å²) in [5, 5.41) is 12.4. The summed E-state index contributed by atoms with van der Waals surface area (Å²) in [5.74, 6) is -0.855. The number of carbonyl (C=O) groups excluding carboxylic acids is 1. The van der Waals surface area contributed by atoms with Crippen LogP contribution in [0.1, 0.15) is 58.3 Å². The van der Waals surface area contributed by atoms with E-state index in [1.54, 1.807) is 0 Å². The van der Waals surface area contributed by atoms with Gasteiger partial charge in [0.2, 0.25) is 5.91 Å². The van der Waals surface area contributed by atoms with Gasteiger partial charge in [-0.15, -0.1) is 0 Å². The number of carboxylic acid groups (broad SMARTS) is 1. The molecule has 0 aromatic heterocycles. The van der Waals surface area contributed by atoms with Crippen LogP contribution in [-0.4, -0.2) is 29.6 Å². The zero-order valence-corrected chi connectivity index (χ0v) is 12.3. The summed E-state index contributed by atoms with van der Waals surface area (Å²) in [6, 6.07) is -0.116. The molecule has 2 aliphatic carbocycles. The van der Waals surface area contributed by atoms with E-state index in [4.69, 9.17) is 5.73 Å². The molecule has 0 aromatic carbocycles. The van der Waals surface area contributed by atoms with Gasteiger partial charge in [0.05, 0.1) is 10.8 Å². The van der Waals surface area contributed by atoms with E-state index >= 15 is 0 Å². The molecule has 2 aliphatic rings. The SMILES string of the molecule is CC1(C(=O)NCC2(C(=O)O)CCCCC2)CCCC1N. The number of carbonyl (C=O) groups is 2. The molecule has 5 nitrogen and oxygen atoms in total. The van der Waals surface area contributed by atoms with Crippen LogP contribution in [0, 0.1) is 10.8 Å². The number of hydrogen-bond donors (Lipinski definition) is 3. The molecule has 2 saturated carbocycles. The molecule has 114 valence electrons. The topological polar surface area (TPSA) is 92.4 Å². The molecule has 2 unspecified atom stereocenters. The summed E-state index contributed by atoms with van der Waals surface area (Å²) >= 11 is 0. The first-order valence-corrected chi connectivity index (χ1v) is 7.68. The Morgan fingerprint density at radius 3 is 2.35 bits per heavy atom. The van der Waals surface area contributed by atoms with Gasteiger partial charge in [0.1, 0.15) is 0 Å². The highest BCUT2D eigenvalue weighted by Crippen LogP contribution is 2.39. The number of rotatable bonds is 4. The average molecular weight is 282 g/mol. The highest BCUT2D eigenvalue weighted by atomic mass is 16.4. The Balaban J connectivity index is 1.99. The van der Waals surface area contributed by atoms with Crippen molar-refractivity contribution in [2.75, 3.05) is 6.54 Å². The smallest absolute Gasteiger partial charge is 0.311 e. The highest BCUT2D eigenvalue weighted by molar-refractivity contribution is 5.84. The van der Waals surface area contributed by atoms with E-state index < -0.39 is 16.8 Å². The van der Waals surface area contributed by atoms with Crippen LogP contribution in [-0.2, 0) is 9.59 Å². The quantitative estimate of drug-likeness (QED) is 0.731. The predicted molar refractivity (Wildman–Crippen MR) is 76.1 cm³/mol. The summed E-state index contributed by atoms with van der Waals surface area (Å²) in [6.45, 7) is 2.14. The van der Waals surface area contributed by atoms with Gasteiger partial charge in [0, 0.05) is 12.6 Å². The largest absolute Gasteiger partial charge is 0.481 e. The molecule has 20 heavy (non-hydrogen) atoms. The zero-order chi connectivity index (χ0) is 14.8. The lowest BCUT2D eigenvalue weighted by molar-refractivity contribution is -0.151. The number of carboxylic acids is 1. The van der Waals surface area contributed by atoms with E-state index in [0.717, 1.165) is 38.5 Å². The van der Waals surface area contributed by atoms with E-state index in [-0.39, 0.29) is 18.5 Å². The van der Waals surface area contributed by atoms with Crippen molar-refractivity contribution in [1.29, 1.82) is 0 Å². The molecule has 1 amide bonds. The van der Waals surface area contributed by atoms with Crippen LogP contribution >= 0.6 is 0 Å². The minimum absolute atomic E-state index is 0.0753. The second-order valence-electron chi connectivity index (χ2n) is 6.75. The number of nitrogens with two attached hydrogens (primary N) is 1. The van der Waals surface area contributed by atoms with Gasteiger partial charge in [0.15, 0.2) is 0 Å². The maximum atomic E-state index is 12.4. The van der Waals surface area contributed by atoms with Crippen molar-refractivity contribution in [1.82, 2.24) is 5.32 Å². The molecule has 0 bridgehead atoms. The zero-order valence-electron chi connectivity index (χ0n) is 12.3. The lowest BCUT2D eigenvalue weighted by Crippen LogP contribution is -2.51. The van der Waals surface area contributed by atoms with E-state index in [9.17, 15) is 14.7 Å². The minimum Gasteiger partial charge on any atom is -0.481 e. The van der Waals surface area contributed by atoms with Gasteiger partial charge in [-0.25, -0.2) is 0 Å². The van der Waals surface area contributed by atoms with Gasteiger partial charge < -0.3 is 16.2 Å². The Kier molecular flexibility index (Phi) is 4.37. The van der Waals surface area contributed by atoms with Crippen LogP contribution in [0.3, 0.4) is 0 Å². The third kappa shape index (κ3) is 2.68. The Hall–Kier alpha value is -1.10. The fourth-order valence-corrected chi connectivity index (χ4v) is 3.62. The number of amides is 1. The summed E-state index contributed by atoms with van der Waals surface area (Å²) in [6.07, 6.45) is 6.89. The molecule has 2 atom stereocenters. The van der Waals surface area contributed by atoms with Gasteiger partial charge in [-0.2, -0.15) is 0 Å². The van der Waals surface area contributed by atoms with Crippen LogP contribution in [0.4, 0.5) is 0 Å². The molecule has 0 aliphatic heterocycles. The first-order chi connectivity index (χ1) is 9.41. The van der Waals surface area contributed by atoms with Gasteiger partial charge in [-0.1, -0.05) is 25.7 Å². The van der Waals surface area contributed by atoms with Crippen molar-refractivity contribution in [2.45, 2.75) is 64.3 Å². The molecular formula is C15H26N2O3. The second kappa shape index (κ2) is 5.72. The van der Waals surface area contributed by atoms with E-state index in [2.05, 4.69) is 5.32 Å². The highest BCUT2D eigenvalue weighted by Gasteiger charge is 2.45. The number of hydrogen-bond acceptors (Lipinski definition) is 3. The molecule has 0 radical (unpaired) electrons. The molecule has 0 heterocycles. The molecule has 2 rings (SSSR count). The van der Waals surface area contributed by atoms with Crippen LogP contribution in [0.2, 0.25) is 0 Å². The van der Waals surface area contributed by atoms with Crippen molar-refractivity contribution in [3.8, 4) is 0 Å². The Morgan fingerprint density at radius 2 is 1.85 bits per heavy atom. The predicted octanol–water partition coefficient (Wildman–Crippen LogP) is 1.66. The van der Waals surface area contributed by atoms with Gasteiger partial charge in [-0.3, -0.25) is 9.59 Å². The van der Waals surface area contributed by atoms with Crippen molar-refractivity contribution in [2.24, 2.45) is 16.6 Å². The van der Waals surface area contributed by atoms with Crippen LogP contribution < -0.4 is 11.1 Å². The maximum absolute atomic E-state index is 12.4. The van der Waals surface area contributed by atoms with E-state index in [1.807, 2.05) is 6.92 Å². The van der Waals surface area contributed by atoms with Gasteiger partial charge in [0.25, 0.3) is 0 Å². The lowest BCUT2D eigenvalue weighted by atomic mass is 9.73. The summed E-state index contributed by atoms with van der Waals surface area (Å²) in [7, 11) is 0. The third-order valence-corrected chi connectivity index (χ3v) is 5.40. The average Bonchev–Trinajstić information content (AvgIpc) is 2.78. The lowest BCUT2D eigenvalue weighted by Gasteiger charge is -2.35. The standard InChI is InChI=1S/C15H26N2O3/c1-14(7-5-6-11(14)16)12(18)17-10-15(13(19)20)8-3-2-4-9-15/h11H,2-10,16H2,1H3,(H,17,18)(H,19,20). The number of aliphatic carboxylic acids is 1. The second-order valence-corrected chi connectivity index (χ2v) is 6.75. The van der Waals surface area contributed by atoms with Crippen molar-refractivity contribution >= 4 is 11.9 Å².